The normalized spacial score (nSPS) is 22.6. The van der Waals surface area contributed by atoms with E-state index in [1.54, 1.807) is 0 Å². The van der Waals surface area contributed by atoms with E-state index in [1.165, 1.54) is 16.9 Å². The van der Waals surface area contributed by atoms with Crippen molar-refractivity contribution in [2.75, 3.05) is 5.32 Å². The second-order valence-electron chi connectivity index (χ2n) is 4.71. The fourth-order valence-corrected chi connectivity index (χ4v) is 2.54. The minimum atomic E-state index is 0.396. The molecule has 0 unspecified atom stereocenters. The highest BCUT2D eigenvalue weighted by molar-refractivity contribution is 5.52. The van der Waals surface area contributed by atoms with Gasteiger partial charge in [0.1, 0.15) is 0 Å². The number of nitrogens with zero attached hydrogens (tertiary/aromatic N) is 1. The average molecular weight is 224 g/mol. The van der Waals surface area contributed by atoms with Crippen molar-refractivity contribution < 1.29 is 0 Å². The SMILES string of the molecule is C[C@H]1Cc2ncccc2N[C@H]1c1ccccc1. The molecule has 0 radical (unpaired) electrons. The zero-order valence-electron chi connectivity index (χ0n) is 9.93. The van der Waals surface area contributed by atoms with Crippen LogP contribution in [0.2, 0.25) is 0 Å². The molecule has 1 aliphatic rings. The summed E-state index contributed by atoms with van der Waals surface area (Å²) in [6, 6.07) is 15.1. The van der Waals surface area contributed by atoms with Crippen LogP contribution in [0, 0.1) is 5.92 Å². The van der Waals surface area contributed by atoms with Gasteiger partial charge < -0.3 is 5.32 Å². The maximum atomic E-state index is 4.44. The van der Waals surface area contributed by atoms with E-state index in [-0.39, 0.29) is 0 Å². The number of hydrogen-bond donors (Lipinski definition) is 1. The summed E-state index contributed by atoms with van der Waals surface area (Å²) in [4.78, 5) is 4.44. The smallest absolute Gasteiger partial charge is 0.0638 e. The molecule has 2 heteroatoms. The number of aromatic nitrogens is 1. The van der Waals surface area contributed by atoms with Crippen LogP contribution in [0.4, 0.5) is 5.69 Å². The van der Waals surface area contributed by atoms with Gasteiger partial charge in [0.15, 0.2) is 0 Å². The van der Waals surface area contributed by atoms with Gasteiger partial charge in [-0.25, -0.2) is 0 Å². The maximum Gasteiger partial charge on any atom is 0.0638 e. The van der Waals surface area contributed by atoms with Crippen LogP contribution in [-0.2, 0) is 6.42 Å². The van der Waals surface area contributed by atoms with Crippen molar-refractivity contribution in [1.29, 1.82) is 0 Å². The molecule has 0 spiro atoms. The summed E-state index contributed by atoms with van der Waals surface area (Å²) in [5.74, 6) is 0.569. The van der Waals surface area contributed by atoms with Gasteiger partial charge in [0.25, 0.3) is 0 Å². The van der Waals surface area contributed by atoms with Gasteiger partial charge in [0.05, 0.1) is 17.4 Å². The second kappa shape index (κ2) is 4.21. The molecule has 0 saturated heterocycles. The largest absolute Gasteiger partial charge is 0.376 e. The Labute approximate surface area is 102 Å². The zero-order chi connectivity index (χ0) is 11.7. The van der Waals surface area contributed by atoms with Gasteiger partial charge in [-0.15, -0.1) is 0 Å². The summed E-state index contributed by atoms with van der Waals surface area (Å²) in [6.45, 7) is 2.28. The molecular weight excluding hydrogens is 208 g/mol. The van der Waals surface area contributed by atoms with E-state index < -0.39 is 0 Å². The lowest BCUT2D eigenvalue weighted by Crippen LogP contribution is -2.26. The Bertz CT molecular complexity index is 507. The quantitative estimate of drug-likeness (QED) is 0.802. The van der Waals surface area contributed by atoms with Gasteiger partial charge in [-0.05, 0) is 30.0 Å². The Balaban J connectivity index is 1.95. The molecule has 2 aromatic rings. The van der Waals surface area contributed by atoms with Gasteiger partial charge in [-0.1, -0.05) is 37.3 Å². The number of nitrogens with one attached hydrogen (secondary N) is 1. The van der Waals surface area contributed by atoms with Crippen LogP contribution in [0.3, 0.4) is 0 Å². The van der Waals surface area contributed by atoms with E-state index in [4.69, 9.17) is 0 Å². The first-order valence-electron chi connectivity index (χ1n) is 6.10. The minimum absolute atomic E-state index is 0.396. The second-order valence-corrected chi connectivity index (χ2v) is 4.71. The summed E-state index contributed by atoms with van der Waals surface area (Å²) in [5, 5.41) is 3.60. The molecule has 2 heterocycles. The summed E-state index contributed by atoms with van der Waals surface area (Å²) in [5.41, 5.74) is 3.72. The Morgan fingerprint density at radius 3 is 2.76 bits per heavy atom. The standard InChI is InChI=1S/C15H16N2/c1-11-10-14-13(8-5-9-16-14)17-15(11)12-6-3-2-4-7-12/h2-9,11,15,17H,10H2,1H3/t11-,15+/m0/s1. The van der Waals surface area contributed by atoms with Crippen LogP contribution in [0.15, 0.2) is 48.7 Å². The van der Waals surface area contributed by atoms with Crippen LogP contribution < -0.4 is 5.32 Å². The van der Waals surface area contributed by atoms with Crippen molar-refractivity contribution in [3.05, 3.63) is 59.9 Å². The molecular formula is C15H16N2. The zero-order valence-corrected chi connectivity index (χ0v) is 9.93. The lowest BCUT2D eigenvalue weighted by atomic mass is 9.87. The summed E-state index contributed by atoms with van der Waals surface area (Å²) in [6.07, 6.45) is 2.92. The molecule has 3 rings (SSSR count). The lowest BCUT2D eigenvalue weighted by Gasteiger charge is -2.32. The molecule has 0 aliphatic carbocycles. The third kappa shape index (κ3) is 1.91. The maximum absolute atomic E-state index is 4.44. The molecule has 2 nitrogen and oxygen atoms in total. The van der Waals surface area contributed by atoms with Crippen LogP contribution >= 0.6 is 0 Å². The molecule has 1 aliphatic heterocycles. The van der Waals surface area contributed by atoms with Crippen molar-refractivity contribution >= 4 is 5.69 Å². The number of rotatable bonds is 1. The molecule has 86 valence electrons. The fourth-order valence-electron chi connectivity index (χ4n) is 2.54. The van der Waals surface area contributed by atoms with Crippen LogP contribution in [0.5, 0.6) is 0 Å². The molecule has 1 aromatic carbocycles. The molecule has 0 bridgehead atoms. The average Bonchev–Trinajstić information content (AvgIpc) is 2.39. The van der Waals surface area contributed by atoms with E-state index in [1.807, 2.05) is 12.3 Å². The third-order valence-electron chi connectivity index (χ3n) is 3.44. The molecule has 0 saturated carbocycles. The van der Waals surface area contributed by atoms with Gasteiger partial charge in [0, 0.05) is 6.20 Å². The first-order chi connectivity index (χ1) is 8.34. The number of fused-ring (bicyclic) bond motifs is 1. The Kier molecular flexibility index (Phi) is 2.56. The van der Waals surface area contributed by atoms with E-state index in [9.17, 15) is 0 Å². The van der Waals surface area contributed by atoms with E-state index in [0.29, 0.717) is 12.0 Å². The van der Waals surface area contributed by atoms with E-state index in [2.05, 4.69) is 53.6 Å². The van der Waals surface area contributed by atoms with Gasteiger partial charge in [-0.3, -0.25) is 4.98 Å². The van der Waals surface area contributed by atoms with Gasteiger partial charge >= 0.3 is 0 Å². The summed E-state index contributed by atoms with van der Waals surface area (Å²) in [7, 11) is 0. The first kappa shape index (κ1) is 10.3. The predicted molar refractivity (Wildman–Crippen MR) is 69.9 cm³/mol. The monoisotopic (exact) mass is 224 g/mol. The Morgan fingerprint density at radius 1 is 1.12 bits per heavy atom. The minimum Gasteiger partial charge on any atom is -0.376 e. The van der Waals surface area contributed by atoms with Crippen molar-refractivity contribution in [3.63, 3.8) is 0 Å². The van der Waals surface area contributed by atoms with Crippen molar-refractivity contribution in [2.45, 2.75) is 19.4 Å². The van der Waals surface area contributed by atoms with Crippen LogP contribution in [0.1, 0.15) is 24.2 Å². The lowest BCUT2D eigenvalue weighted by molar-refractivity contribution is 0.472. The topological polar surface area (TPSA) is 24.9 Å². The van der Waals surface area contributed by atoms with E-state index >= 15 is 0 Å². The summed E-state index contributed by atoms with van der Waals surface area (Å²) >= 11 is 0. The van der Waals surface area contributed by atoms with Crippen molar-refractivity contribution in [2.24, 2.45) is 5.92 Å². The molecule has 0 amide bonds. The van der Waals surface area contributed by atoms with Crippen molar-refractivity contribution in [3.8, 4) is 0 Å². The van der Waals surface area contributed by atoms with Crippen molar-refractivity contribution in [1.82, 2.24) is 4.98 Å². The Hall–Kier alpha value is -1.83. The van der Waals surface area contributed by atoms with Gasteiger partial charge in [0.2, 0.25) is 0 Å². The predicted octanol–water partition coefficient (Wildman–Crippen LogP) is 3.43. The van der Waals surface area contributed by atoms with E-state index in [0.717, 1.165) is 6.42 Å². The Morgan fingerprint density at radius 2 is 1.94 bits per heavy atom. The third-order valence-corrected chi connectivity index (χ3v) is 3.44. The van der Waals surface area contributed by atoms with Gasteiger partial charge in [-0.2, -0.15) is 0 Å². The molecule has 0 fully saturated rings. The molecule has 1 aromatic heterocycles. The molecule has 1 N–H and O–H groups in total. The number of anilines is 1. The van der Waals surface area contributed by atoms with Crippen LogP contribution in [0.25, 0.3) is 0 Å². The number of benzene rings is 1. The molecule has 2 atom stereocenters. The highest BCUT2D eigenvalue weighted by atomic mass is 15.0. The summed E-state index contributed by atoms with van der Waals surface area (Å²) < 4.78 is 0. The highest BCUT2D eigenvalue weighted by Crippen LogP contribution is 2.35. The first-order valence-corrected chi connectivity index (χ1v) is 6.10. The van der Waals surface area contributed by atoms with Crippen LogP contribution in [-0.4, -0.2) is 4.98 Å². The fraction of sp³-hybridized carbons (Fsp3) is 0.267. The highest BCUT2D eigenvalue weighted by Gasteiger charge is 2.26. The molecule has 17 heavy (non-hydrogen) atoms. The number of hydrogen-bond acceptors (Lipinski definition) is 2. The number of pyridine rings is 1.